The summed E-state index contributed by atoms with van der Waals surface area (Å²) in [4.78, 5) is 0. The van der Waals surface area contributed by atoms with Crippen LogP contribution in [0.25, 0.3) is 11.1 Å². The van der Waals surface area contributed by atoms with E-state index in [1.54, 1.807) is 24.3 Å². The number of aryl methyl sites for hydroxylation is 1. The second kappa shape index (κ2) is 13.3. The summed E-state index contributed by atoms with van der Waals surface area (Å²) in [5.41, 5.74) is -1.14. The summed E-state index contributed by atoms with van der Waals surface area (Å²) in [7, 11) is 0. The highest BCUT2D eigenvalue weighted by Gasteiger charge is 2.43. The molecule has 4 rings (SSSR count). The molecule has 3 aromatic carbocycles. The van der Waals surface area contributed by atoms with Crippen molar-refractivity contribution in [2.75, 3.05) is 0 Å². The molecule has 2 unspecified atom stereocenters. The van der Waals surface area contributed by atoms with Crippen molar-refractivity contribution < 1.29 is 57.8 Å². The van der Waals surface area contributed by atoms with Crippen LogP contribution in [0.1, 0.15) is 36.5 Å². The molecule has 45 heavy (non-hydrogen) atoms. The third-order valence-corrected chi connectivity index (χ3v) is 6.49. The van der Waals surface area contributed by atoms with Crippen molar-refractivity contribution >= 4 is 0 Å². The number of allylic oxidation sites excluding steroid dienone is 3. The van der Waals surface area contributed by atoms with Gasteiger partial charge >= 0.3 is 12.5 Å². The van der Waals surface area contributed by atoms with Crippen molar-refractivity contribution in [1.82, 2.24) is 0 Å². The van der Waals surface area contributed by atoms with Gasteiger partial charge in [-0.2, -0.15) is 8.78 Å². The van der Waals surface area contributed by atoms with Gasteiger partial charge in [-0.1, -0.05) is 49.5 Å². The highest BCUT2D eigenvalue weighted by molar-refractivity contribution is 5.64. The van der Waals surface area contributed by atoms with E-state index in [9.17, 15) is 48.3 Å². The molecule has 0 fully saturated rings. The fraction of sp³-hybridized carbons (Fsp3) is 0.250. The molecule has 3 aromatic rings. The van der Waals surface area contributed by atoms with Crippen molar-refractivity contribution in [3.05, 3.63) is 112 Å². The molecule has 238 valence electrons. The number of ether oxygens (including phenoxy) is 2. The van der Waals surface area contributed by atoms with Gasteiger partial charge in [0.25, 0.3) is 0 Å². The Bertz CT molecular complexity index is 1630. The zero-order valence-electron chi connectivity index (χ0n) is 23.0. The fourth-order valence-electron chi connectivity index (χ4n) is 4.36. The summed E-state index contributed by atoms with van der Waals surface area (Å²) in [6.07, 6.45) is -9.33. The summed E-state index contributed by atoms with van der Waals surface area (Å²) in [5.74, 6) is -9.47. The van der Waals surface area contributed by atoms with E-state index in [2.05, 4.69) is 9.47 Å². The lowest BCUT2D eigenvalue weighted by molar-refractivity contribution is -0.276. The van der Waals surface area contributed by atoms with Gasteiger partial charge in [-0.15, -0.1) is 13.2 Å². The van der Waals surface area contributed by atoms with Gasteiger partial charge in [0.15, 0.2) is 11.6 Å². The average Bonchev–Trinajstić information content (AvgIpc) is 2.92. The summed E-state index contributed by atoms with van der Waals surface area (Å²) < 4.78 is 161. The molecule has 13 heteroatoms. The van der Waals surface area contributed by atoms with Gasteiger partial charge in [-0.05, 0) is 59.9 Å². The summed E-state index contributed by atoms with van der Waals surface area (Å²) in [6.45, 7) is 2.02. The number of hydrogen-bond acceptors (Lipinski definition) is 2. The van der Waals surface area contributed by atoms with Crippen LogP contribution in [-0.2, 0) is 17.3 Å². The number of rotatable bonds is 8. The van der Waals surface area contributed by atoms with Gasteiger partial charge in [0.1, 0.15) is 40.9 Å². The number of hydrogen-bond donors (Lipinski definition) is 0. The second-order valence-corrected chi connectivity index (χ2v) is 9.84. The summed E-state index contributed by atoms with van der Waals surface area (Å²) >= 11 is 0. The molecule has 0 heterocycles. The molecule has 1 aliphatic rings. The maximum absolute atomic E-state index is 14.9. The first-order chi connectivity index (χ1) is 21.1. The minimum atomic E-state index is -5.41. The van der Waals surface area contributed by atoms with Crippen molar-refractivity contribution in [1.29, 1.82) is 0 Å². The fourth-order valence-corrected chi connectivity index (χ4v) is 4.36. The van der Waals surface area contributed by atoms with Gasteiger partial charge in [0.2, 0.25) is 5.75 Å². The quantitative estimate of drug-likeness (QED) is 0.179. The lowest BCUT2D eigenvalue weighted by Gasteiger charge is -2.24. The predicted molar refractivity (Wildman–Crippen MR) is 141 cm³/mol. The van der Waals surface area contributed by atoms with E-state index >= 15 is 0 Å². The van der Waals surface area contributed by atoms with Gasteiger partial charge in [-0.25, -0.2) is 26.3 Å². The lowest BCUT2D eigenvalue weighted by Crippen LogP contribution is -2.24. The van der Waals surface area contributed by atoms with Crippen LogP contribution < -0.4 is 4.74 Å². The SMILES string of the molecule is CCCCc1ccc(-c2cc(F)c(C(F)(F)OC3=CC(F)C(C#Cc4cc(F)c(OC(F)(F)F)c(F)c4)C(F)=C3)c(F)c2)cc1. The van der Waals surface area contributed by atoms with Crippen molar-refractivity contribution in [2.45, 2.75) is 44.8 Å². The number of alkyl halides is 6. The Morgan fingerprint density at radius 1 is 0.778 bits per heavy atom. The number of halogens is 11. The van der Waals surface area contributed by atoms with Crippen molar-refractivity contribution in [2.24, 2.45) is 5.92 Å². The maximum atomic E-state index is 14.9. The third-order valence-electron chi connectivity index (χ3n) is 6.49. The monoisotopic (exact) mass is 646 g/mol. The predicted octanol–water partition coefficient (Wildman–Crippen LogP) is 9.97. The Balaban J connectivity index is 1.51. The molecule has 0 spiro atoms. The van der Waals surface area contributed by atoms with Crippen LogP contribution in [0.3, 0.4) is 0 Å². The first-order valence-electron chi connectivity index (χ1n) is 13.2. The maximum Gasteiger partial charge on any atom is 0.573 e. The van der Waals surface area contributed by atoms with Crippen LogP contribution in [0.5, 0.6) is 5.75 Å². The van der Waals surface area contributed by atoms with E-state index in [0.29, 0.717) is 35.9 Å². The minimum absolute atomic E-state index is 0.0399. The van der Waals surface area contributed by atoms with E-state index in [1.165, 1.54) is 0 Å². The standard InChI is InChI=1S/C32H21F11O2/c1-2-3-4-17-5-8-19(9-6-17)20-13-25(35)29(26(36)14-20)31(39,40)44-21-15-23(33)22(24(34)16-21)10-7-18-11-27(37)30(28(38)12-18)45-32(41,42)43/h5-6,8-9,11-16,22-23H,2-4H2,1H3. The molecule has 0 aliphatic heterocycles. The van der Waals surface area contributed by atoms with Gasteiger partial charge in [0.05, 0.1) is 0 Å². The third kappa shape index (κ3) is 8.17. The van der Waals surface area contributed by atoms with Gasteiger partial charge in [0, 0.05) is 11.6 Å². The smallest absolute Gasteiger partial charge is 0.429 e. The first kappa shape index (κ1) is 33.4. The molecule has 0 radical (unpaired) electrons. The Hall–Kier alpha value is -4.47. The Labute approximate surface area is 249 Å². The van der Waals surface area contributed by atoms with Crippen LogP contribution in [0.4, 0.5) is 48.3 Å². The molecule has 2 nitrogen and oxygen atoms in total. The van der Waals surface area contributed by atoms with E-state index in [0.717, 1.165) is 24.8 Å². The Morgan fingerprint density at radius 3 is 1.91 bits per heavy atom. The second-order valence-electron chi connectivity index (χ2n) is 9.84. The minimum Gasteiger partial charge on any atom is -0.429 e. The van der Waals surface area contributed by atoms with Crippen LogP contribution in [0.2, 0.25) is 0 Å². The molecule has 0 aromatic heterocycles. The van der Waals surface area contributed by atoms with Gasteiger partial charge in [-0.3, -0.25) is 0 Å². The molecule has 0 saturated carbocycles. The summed E-state index contributed by atoms with van der Waals surface area (Å²) in [5, 5.41) is 0. The lowest BCUT2D eigenvalue weighted by atomic mass is 9.96. The molecule has 0 saturated heterocycles. The first-order valence-corrected chi connectivity index (χ1v) is 13.2. The van der Waals surface area contributed by atoms with Gasteiger partial charge < -0.3 is 9.47 Å². The molecule has 0 N–H and O–H groups in total. The van der Waals surface area contributed by atoms with Crippen LogP contribution >= 0.6 is 0 Å². The number of benzene rings is 3. The van der Waals surface area contributed by atoms with Crippen LogP contribution in [0.15, 0.2) is 72.3 Å². The zero-order chi connectivity index (χ0) is 33.1. The largest absolute Gasteiger partial charge is 0.573 e. The normalized spacial score (nSPS) is 16.8. The summed E-state index contributed by atoms with van der Waals surface area (Å²) in [6, 6.07) is 8.62. The molecule has 1 aliphatic carbocycles. The zero-order valence-corrected chi connectivity index (χ0v) is 23.0. The van der Waals surface area contributed by atoms with E-state index < -0.39 is 76.3 Å². The molecule has 0 amide bonds. The Morgan fingerprint density at radius 2 is 1.38 bits per heavy atom. The van der Waals surface area contributed by atoms with Crippen molar-refractivity contribution in [3.63, 3.8) is 0 Å². The average molecular weight is 646 g/mol. The highest BCUT2D eigenvalue weighted by Crippen LogP contribution is 2.40. The Kier molecular flexibility index (Phi) is 9.85. The molecule has 2 atom stereocenters. The molecule has 0 bridgehead atoms. The van der Waals surface area contributed by atoms with Crippen LogP contribution in [-0.4, -0.2) is 12.5 Å². The topological polar surface area (TPSA) is 18.5 Å². The van der Waals surface area contributed by atoms with Crippen LogP contribution in [0, 0.1) is 41.0 Å². The molecular weight excluding hydrogens is 625 g/mol. The van der Waals surface area contributed by atoms with E-state index in [4.69, 9.17) is 0 Å². The molecular formula is C32H21F11O2. The highest BCUT2D eigenvalue weighted by atomic mass is 19.4. The number of unbranched alkanes of at least 4 members (excludes halogenated alkanes) is 1. The van der Waals surface area contributed by atoms with E-state index in [1.807, 2.05) is 18.8 Å². The van der Waals surface area contributed by atoms with E-state index in [-0.39, 0.29) is 11.6 Å². The van der Waals surface area contributed by atoms with Crippen molar-refractivity contribution in [3.8, 4) is 28.7 Å².